The zero-order valence-electron chi connectivity index (χ0n) is 14.8. The van der Waals surface area contributed by atoms with Gasteiger partial charge in [0.1, 0.15) is 11.4 Å². The Balaban J connectivity index is 1.73. The molecule has 4 rings (SSSR count). The van der Waals surface area contributed by atoms with E-state index in [1.807, 2.05) is 24.3 Å². The predicted octanol–water partition coefficient (Wildman–Crippen LogP) is 5.97. The SMILES string of the molecule is Cc1cccc(NC2=NC(=S)N(c3ccc(Cl)cc3)C23CCCCC3)c1. The molecule has 2 aromatic carbocycles. The molecule has 1 aliphatic heterocycles. The third kappa shape index (κ3) is 3.12. The third-order valence-corrected chi connectivity index (χ3v) is 5.84. The minimum atomic E-state index is -0.188. The fourth-order valence-electron chi connectivity index (χ4n) is 4.09. The normalized spacial score (nSPS) is 18.9. The molecule has 1 spiro atoms. The van der Waals surface area contributed by atoms with E-state index in [9.17, 15) is 0 Å². The second-order valence-corrected chi connectivity index (χ2v) is 7.94. The maximum Gasteiger partial charge on any atom is 0.202 e. The lowest BCUT2D eigenvalue weighted by Gasteiger charge is -2.42. The summed E-state index contributed by atoms with van der Waals surface area (Å²) in [4.78, 5) is 7.03. The van der Waals surface area contributed by atoms with Gasteiger partial charge in [0.05, 0.1) is 0 Å². The van der Waals surface area contributed by atoms with Crippen molar-refractivity contribution in [2.24, 2.45) is 4.99 Å². The summed E-state index contributed by atoms with van der Waals surface area (Å²) in [5, 5.41) is 4.94. The first-order valence-corrected chi connectivity index (χ1v) is 9.90. The minimum absolute atomic E-state index is 0.188. The van der Waals surface area contributed by atoms with Gasteiger partial charge >= 0.3 is 0 Å². The van der Waals surface area contributed by atoms with E-state index in [0.29, 0.717) is 5.11 Å². The van der Waals surface area contributed by atoms with Crippen molar-refractivity contribution in [2.45, 2.75) is 44.6 Å². The van der Waals surface area contributed by atoms with Gasteiger partial charge in [-0.25, -0.2) is 4.99 Å². The number of amidine groups is 1. The van der Waals surface area contributed by atoms with Gasteiger partial charge in [0.2, 0.25) is 5.11 Å². The van der Waals surface area contributed by atoms with Crippen LogP contribution < -0.4 is 10.2 Å². The van der Waals surface area contributed by atoms with E-state index in [0.717, 1.165) is 35.1 Å². The van der Waals surface area contributed by atoms with Gasteiger partial charge in [-0.3, -0.25) is 0 Å². The van der Waals surface area contributed by atoms with Gasteiger partial charge in [-0.05, 0) is 73.9 Å². The van der Waals surface area contributed by atoms with Gasteiger partial charge in [-0.15, -0.1) is 0 Å². The quantitative estimate of drug-likeness (QED) is 0.647. The topological polar surface area (TPSA) is 27.6 Å². The maximum atomic E-state index is 6.09. The number of thiocarbonyl (C=S) groups is 1. The lowest BCUT2D eigenvalue weighted by molar-refractivity contribution is 0.386. The first-order chi connectivity index (χ1) is 12.6. The lowest BCUT2D eigenvalue weighted by atomic mass is 9.79. The Kier molecular flexibility index (Phi) is 4.72. The van der Waals surface area contributed by atoms with Crippen LogP contribution in [0.2, 0.25) is 5.02 Å². The summed E-state index contributed by atoms with van der Waals surface area (Å²) >= 11 is 11.8. The van der Waals surface area contributed by atoms with Crippen molar-refractivity contribution in [1.82, 2.24) is 0 Å². The summed E-state index contributed by atoms with van der Waals surface area (Å²) < 4.78 is 0. The van der Waals surface area contributed by atoms with E-state index in [1.165, 1.54) is 24.8 Å². The largest absolute Gasteiger partial charge is 0.342 e. The van der Waals surface area contributed by atoms with Gasteiger partial charge in [0.15, 0.2) is 0 Å². The van der Waals surface area contributed by atoms with Gasteiger partial charge in [-0.1, -0.05) is 43.0 Å². The Morgan fingerprint density at radius 3 is 2.50 bits per heavy atom. The van der Waals surface area contributed by atoms with E-state index in [2.05, 4.69) is 41.4 Å². The zero-order valence-corrected chi connectivity index (χ0v) is 16.4. The monoisotopic (exact) mass is 383 g/mol. The van der Waals surface area contributed by atoms with Crippen molar-refractivity contribution in [3.63, 3.8) is 0 Å². The molecule has 3 nitrogen and oxygen atoms in total. The Bertz CT molecular complexity index is 854. The molecule has 5 heteroatoms. The highest BCUT2D eigenvalue weighted by atomic mass is 35.5. The van der Waals surface area contributed by atoms with Crippen LogP contribution in [0.15, 0.2) is 53.5 Å². The number of rotatable bonds is 2. The van der Waals surface area contributed by atoms with Crippen LogP contribution >= 0.6 is 23.8 Å². The van der Waals surface area contributed by atoms with E-state index >= 15 is 0 Å². The van der Waals surface area contributed by atoms with E-state index in [-0.39, 0.29) is 5.54 Å². The van der Waals surface area contributed by atoms with Crippen molar-refractivity contribution < 1.29 is 0 Å². The van der Waals surface area contributed by atoms with Crippen molar-refractivity contribution in [1.29, 1.82) is 0 Å². The summed E-state index contributed by atoms with van der Waals surface area (Å²) in [5.41, 5.74) is 3.16. The van der Waals surface area contributed by atoms with Crippen LogP contribution in [0.3, 0.4) is 0 Å². The molecule has 0 aromatic heterocycles. The van der Waals surface area contributed by atoms with E-state index < -0.39 is 0 Å². The van der Waals surface area contributed by atoms with Crippen LogP contribution in [-0.4, -0.2) is 16.5 Å². The Morgan fingerprint density at radius 1 is 1.08 bits per heavy atom. The second-order valence-electron chi connectivity index (χ2n) is 7.14. The molecule has 0 bridgehead atoms. The summed E-state index contributed by atoms with van der Waals surface area (Å²) in [6.45, 7) is 2.10. The van der Waals surface area contributed by atoms with Crippen LogP contribution in [-0.2, 0) is 0 Å². The highest BCUT2D eigenvalue weighted by Gasteiger charge is 2.49. The third-order valence-electron chi connectivity index (χ3n) is 5.31. The molecular formula is C21H22ClN3S. The number of hydrogen-bond acceptors (Lipinski definition) is 2. The standard InChI is InChI=1S/C21H22ClN3S/c1-15-6-5-7-17(14-15)23-19-21(12-3-2-4-13-21)25(20(26)24-19)18-10-8-16(22)9-11-18/h5-11,14H,2-4,12-13H2,1H3,(H,23,24,26). The first-order valence-electron chi connectivity index (χ1n) is 9.11. The number of nitrogens with one attached hydrogen (secondary N) is 1. The number of nitrogens with zero attached hydrogens (tertiary/aromatic N) is 2. The van der Waals surface area contributed by atoms with Crippen molar-refractivity contribution in [3.8, 4) is 0 Å². The number of aryl methyl sites for hydroxylation is 1. The first kappa shape index (κ1) is 17.5. The Morgan fingerprint density at radius 2 is 1.81 bits per heavy atom. The van der Waals surface area contributed by atoms with Gasteiger partial charge in [-0.2, -0.15) is 0 Å². The van der Waals surface area contributed by atoms with Crippen LogP contribution in [0.5, 0.6) is 0 Å². The molecule has 1 aliphatic carbocycles. The van der Waals surface area contributed by atoms with Gasteiger partial charge < -0.3 is 10.2 Å². The van der Waals surface area contributed by atoms with Crippen LogP contribution in [0.25, 0.3) is 0 Å². The van der Waals surface area contributed by atoms with Crippen LogP contribution in [0, 0.1) is 6.92 Å². The number of anilines is 2. The maximum absolute atomic E-state index is 6.09. The highest BCUT2D eigenvalue weighted by molar-refractivity contribution is 7.80. The fourth-order valence-corrected chi connectivity index (χ4v) is 4.58. The fraction of sp³-hybridized carbons (Fsp3) is 0.333. The summed E-state index contributed by atoms with van der Waals surface area (Å²) in [6.07, 6.45) is 5.73. The molecule has 0 unspecified atom stereocenters. The number of hydrogen-bond donors (Lipinski definition) is 1. The molecule has 2 aliphatic rings. The smallest absolute Gasteiger partial charge is 0.202 e. The van der Waals surface area contributed by atoms with Gasteiger partial charge in [0, 0.05) is 16.4 Å². The molecule has 1 N–H and O–H groups in total. The van der Waals surface area contributed by atoms with E-state index in [1.54, 1.807) is 0 Å². The van der Waals surface area contributed by atoms with Crippen molar-refractivity contribution >= 4 is 46.1 Å². The molecule has 0 saturated heterocycles. The average Bonchev–Trinajstić information content (AvgIpc) is 2.88. The summed E-state index contributed by atoms with van der Waals surface area (Å²) in [5.74, 6) is 0.975. The zero-order chi connectivity index (χ0) is 18.1. The molecule has 1 saturated carbocycles. The molecule has 0 radical (unpaired) electrons. The number of benzene rings is 2. The molecule has 1 heterocycles. The molecule has 1 fully saturated rings. The molecule has 2 aromatic rings. The highest BCUT2D eigenvalue weighted by Crippen LogP contribution is 2.42. The van der Waals surface area contributed by atoms with Gasteiger partial charge in [0.25, 0.3) is 0 Å². The molecule has 26 heavy (non-hydrogen) atoms. The van der Waals surface area contributed by atoms with Crippen molar-refractivity contribution in [2.75, 3.05) is 10.2 Å². The van der Waals surface area contributed by atoms with Crippen LogP contribution in [0.4, 0.5) is 11.4 Å². The molecule has 134 valence electrons. The Labute approximate surface area is 165 Å². The average molecular weight is 384 g/mol. The molecule has 0 amide bonds. The molecular weight excluding hydrogens is 362 g/mol. The Hall–Kier alpha value is -1.91. The summed E-state index contributed by atoms with van der Waals surface area (Å²) in [6, 6.07) is 16.3. The molecule has 0 atom stereocenters. The number of aliphatic imine (C=N–C) groups is 1. The predicted molar refractivity (Wildman–Crippen MR) is 115 cm³/mol. The summed E-state index contributed by atoms with van der Waals surface area (Å²) in [7, 11) is 0. The van der Waals surface area contributed by atoms with E-state index in [4.69, 9.17) is 28.8 Å². The number of halogens is 1. The minimum Gasteiger partial charge on any atom is -0.342 e. The van der Waals surface area contributed by atoms with Crippen LogP contribution in [0.1, 0.15) is 37.7 Å². The lowest BCUT2D eigenvalue weighted by Crippen LogP contribution is -2.55. The van der Waals surface area contributed by atoms with Crippen molar-refractivity contribution in [3.05, 3.63) is 59.1 Å². The second kappa shape index (κ2) is 7.01.